The molecule has 7 rings (SSSR count). The van der Waals surface area contributed by atoms with E-state index >= 15 is 0 Å². The van der Waals surface area contributed by atoms with E-state index in [2.05, 4.69) is 138 Å². The van der Waals surface area contributed by atoms with E-state index in [1.165, 1.54) is 27.5 Å². The third kappa shape index (κ3) is 6.76. The van der Waals surface area contributed by atoms with Crippen LogP contribution in [0.15, 0.2) is 109 Å². The molecule has 0 spiro atoms. The molecule has 0 saturated heterocycles. The van der Waals surface area contributed by atoms with E-state index in [1.807, 2.05) is 29.1 Å². The smallest absolute Gasteiger partial charge is 0.137 e. The van der Waals surface area contributed by atoms with Crippen LogP contribution in [0.4, 0.5) is 0 Å². The van der Waals surface area contributed by atoms with Gasteiger partial charge in [-0.05, 0) is 110 Å². The Kier molecular flexibility index (Phi) is 8.62. The van der Waals surface area contributed by atoms with Crippen LogP contribution in [0.3, 0.4) is 0 Å². The highest BCUT2D eigenvalue weighted by molar-refractivity contribution is 6.09. The third-order valence-electron chi connectivity index (χ3n) is 9.30. The van der Waals surface area contributed by atoms with E-state index in [4.69, 9.17) is 14.8 Å². The van der Waals surface area contributed by atoms with Crippen LogP contribution in [0.5, 0.6) is 11.5 Å². The number of nitrogens with zero attached hydrogens (tertiary/aromatic N) is 4. The molecule has 0 aliphatic heterocycles. The molecule has 7 aromatic rings. The molecule has 4 aromatic carbocycles. The summed E-state index contributed by atoms with van der Waals surface area (Å²) in [7, 11) is 0. The Balaban J connectivity index is 1.29. The first kappa shape index (κ1) is 32.4. The summed E-state index contributed by atoms with van der Waals surface area (Å²) < 4.78 is 10.9. The molecule has 0 atom stereocenters. The first-order valence-electron chi connectivity index (χ1n) is 17.5. The Bertz CT molecular complexity index is 2270. The van der Waals surface area contributed by atoms with Crippen molar-refractivity contribution in [1.29, 1.82) is 0 Å². The molecule has 5 heteroatoms. The summed E-state index contributed by atoms with van der Waals surface area (Å²) in [4.78, 5) is 4.89. The summed E-state index contributed by atoms with van der Waals surface area (Å²) in [5.74, 6) is 3.03. The van der Waals surface area contributed by atoms with Gasteiger partial charge in [0, 0.05) is 40.4 Å². The average molecular weight is 647 g/mol. The van der Waals surface area contributed by atoms with Gasteiger partial charge in [0.05, 0.1) is 22.4 Å². The van der Waals surface area contributed by atoms with Gasteiger partial charge in [-0.1, -0.05) is 77.1 Å². The number of fused-ring (bicyclic) bond motifs is 3. The van der Waals surface area contributed by atoms with Gasteiger partial charge in [-0.2, -0.15) is 5.10 Å². The van der Waals surface area contributed by atoms with Gasteiger partial charge in [-0.3, -0.25) is 4.57 Å². The maximum Gasteiger partial charge on any atom is 0.137 e. The molecule has 0 saturated carbocycles. The Morgan fingerprint density at radius 3 is 2.31 bits per heavy atom. The standard InChI is InChI=1S/C44H46N4O/c1-29(2)24-33-21-23-45-42(26-33)47-40-19-16-32(20-22-44(5,6)7)25-39(40)38-18-17-37(28-41(38)47)49-36-15-11-14-35(27-36)48-31(4)43(30(3)46-48)34-12-9-8-10-13-34/h8-19,21,23,25-29H,20,22,24H2,1-7H3. The summed E-state index contributed by atoms with van der Waals surface area (Å²) in [6.07, 6.45) is 5.14. The summed E-state index contributed by atoms with van der Waals surface area (Å²) in [6, 6.07) is 36.4. The van der Waals surface area contributed by atoms with E-state index in [0.717, 1.165) is 70.3 Å². The quantitative estimate of drug-likeness (QED) is 0.157. The summed E-state index contributed by atoms with van der Waals surface area (Å²) in [6.45, 7) is 15.6. The molecule has 0 N–H and O–H groups in total. The van der Waals surface area contributed by atoms with E-state index in [1.54, 1.807) is 0 Å². The second-order valence-electron chi connectivity index (χ2n) is 15.0. The maximum absolute atomic E-state index is 6.60. The highest BCUT2D eigenvalue weighted by Crippen LogP contribution is 2.37. The van der Waals surface area contributed by atoms with Crippen LogP contribution >= 0.6 is 0 Å². The van der Waals surface area contributed by atoms with Crippen molar-refractivity contribution in [2.75, 3.05) is 0 Å². The van der Waals surface area contributed by atoms with Crippen LogP contribution in [0, 0.1) is 25.2 Å². The summed E-state index contributed by atoms with van der Waals surface area (Å²) in [5, 5.41) is 7.36. The summed E-state index contributed by atoms with van der Waals surface area (Å²) >= 11 is 0. The van der Waals surface area contributed by atoms with Crippen LogP contribution in [0.1, 0.15) is 63.6 Å². The Hall–Kier alpha value is -5.16. The molecule has 0 radical (unpaired) electrons. The number of aromatic nitrogens is 4. The molecular weight excluding hydrogens is 601 g/mol. The fraction of sp³-hybridized carbons (Fsp3) is 0.273. The molecular formula is C44H46N4O. The van der Waals surface area contributed by atoms with Gasteiger partial charge < -0.3 is 4.74 Å². The Labute approximate surface area is 290 Å². The van der Waals surface area contributed by atoms with Crippen LogP contribution in [-0.4, -0.2) is 19.3 Å². The lowest BCUT2D eigenvalue weighted by Gasteiger charge is -2.17. The molecule has 0 aliphatic carbocycles. The van der Waals surface area contributed by atoms with Gasteiger partial charge in [0.15, 0.2) is 0 Å². The monoisotopic (exact) mass is 646 g/mol. The van der Waals surface area contributed by atoms with E-state index < -0.39 is 0 Å². The SMILES string of the molecule is Cc1nn(-c2cccc(Oc3ccc4c5cc(CCC(C)(C)C)ccc5n(-c5cc(CC(C)C)ccn5)c4c3)c2)c(C)c1-c1ccccc1. The van der Waals surface area contributed by atoms with Crippen LogP contribution in [0.25, 0.3) is 44.4 Å². The highest BCUT2D eigenvalue weighted by Gasteiger charge is 2.18. The van der Waals surface area contributed by atoms with Crippen molar-refractivity contribution in [3.8, 4) is 34.1 Å². The molecule has 5 nitrogen and oxygen atoms in total. The van der Waals surface area contributed by atoms with Gasteiger partial charge in [0.1, 0.15) is 17.3 Å². The van der Waals surface area contributed by atoms with E-state index in [-0.39, 0.29) is 5.41 Å². The van der Waals surface area contributed by atoms with Gasteiger partial charge in [-0.15, -0.1) is 0 Å². The number of ether oxygens (including phenoxy) is 1. The largest absolute Gasteiger partial charge is 0.457 e. The van der Waals surface area contributed by atoms with Gasteiger partial charge in [0.2, 0.25) is 0 Å². The lowest BCUT2D eigenvalue weighted by atomic mass is 9.88. The first-order chi connectivity index (χ1) is 23.5. The lowest BCUT2D eigenvalue weighted by molar-refractivity contribution is 0.378. The number of pyridine rings is 1. The van der Waals surface area contributed by atoms with Gasteiger partial charge in [-0.25, -0.2) is 9.67 Å². The van der Waals surface area contributed by atoms with Gasteiger partial charge in [0.25, 0.3) is 0 Å². The molecule has 0 unspecified atom stereocenters. The minimum atomic E-state index is 0.284. The Morgan fingerprint density at radius 1 is 0.735 bits per heavy atom. The topological polar surface area (TPSA) is 44.9 Å². The fourth-order valence-electron chi connectivity index (χ4n) is 6.95. The lowest BCUT2D eigenvalue weighted by Crippen LogP contribution is -2.06. The number of aryl methyl sites for hydroxylation is 2. The molecule has 3 aromatic heterocycles. The van der Waals surface area contributed by atoms with Gasteiger partial charge >= 0.3 is 0 Å². The first-order valence-corrected chi connectivity index (χ1v) is 17.5. The van der Waals surface area contributed by atoms with Crippen molar-refractivity contribution >= 4 is 21.8 Å². The van der Waals surface area contributed by atoms with Crippen molar-refractivity contribution in [2.24, 2.45) is 11.3 Å². The van der Waals surface area contributed by atoms with Crippen molar-refractivity contribution in [3.05, 3.63) is 132 Å². The van der Waals surface area contributed by atoms with E-state index in [0.29, 0.717) is 5.92 Å². The zero-order valence-electron chi connectivity index (χ0n) is 29.8. The second-order valence-corrected chi connectivity index (χ2v) is 15.0. The van der Waals surface area contributed by atoms with Crippen molar-refractivity contribution in [2.45, 2.75) is 67.7 Å². The number of rotatable bonds is 9. The average Bonchev–Trinajstić information content (AvgIpc) is 3.56. The van der Waals surface area contributed by atoms with Crippen molar-refractivity contribution in [1.82, 2.24) is 19.3 Å². The Morgan fingerprint density at radius 2 is 1.53 bits per heavy atom. The molecule has 0 bridgehead atoms. The molecule has 0 amide bonds. The predicted octanol–water partition coefficient (Wildman–Crippen LogP) is 11.6. The predicted molar refractivity (Wildman–Crippen MR) is 203 cm³/mol. The minimum Gasteiger partial charge on any atom is -0.457 e. The van der Waals surface area contributed by atoms with E-state index in [9.17, 15) is 0 Å². The second kappa shape index (κ2) is 13.0. The van der Waals surface area contributed by atoms with Crippen LogP contribution in [0.2, 0.25) is 0 Å². The fourth-order valence-corrected chi connectivity index (χ4v) is 6.95. The highest BCUT2D eigenvalue weighted by atomic mass is 16.5. The normalized spacial score (nSPS) is 12.0. The molecule has 0 aliphatic rings. The molecule has 0 fully saturated rings. The molecule has 3 heterocycles. The molecule has 248 valence electrons. The number of hydrogen-bond acceptors (Lipinski definition) is 3. The van der Waals surface area contributed by atoms with Crippen LogP contribution in [-0.2, 0) is 12.8 Å². The van der Waals surface area contributed by atoms with Crippen molar-refractivity contribution in [3.63, 3.8) is 0 Å². The number of benzene rings is 4. The number of hydrogen-bond donors (Lipinski definition) is 0. The third-order valence-corrected chi connectivity index (χ3v) is 9.30. The maximum atomic E-state index is 6.60. The zero-order chi connectivity index (χ0) is 34.3. The summed E-state index contributed by atoms with van der Waals surface area (Å²) in [5.41, 5.74) is 10.6. The van der Waals surface area contributed by atoms with Crippen LogP contribution < -0.4 is 4.74 Å². The minimum absolute atomic E-state index is 0.284. The van der Waals surface area contributed by atoms with Crippen molar-refractivity contribution < 1.29 is 4.74 Å². The molecule has 49 heavy (non-hydrogen) atoms. The zero-order valence-corrected chi connectivity index (χ0v) is 29.8.